The fraction of sp³-hybridized carbons (Fsp3) is 0.375. The molecule has 0 aromatic carbocycles. The summed E-state index contributed by atoms with van der Waals surface area (Å²) < 4.78 is 4.35. The molecule has 0 saturated heterocycles. The largest absolute Gasteiger partial charge is 0.299 e. The van der Waals surface area contributed by atoms with Crippen molar-refractivity contribution in [2.45, 2.75) is 13.5 Å². The third kappa shape index (κ3) is 1.27. The van der Waals surface area contributed by atoms with Crippen molar-refractivity contribution in [3.8, 4) is 11.5 Å². The summed E-state index contributed by atoms with van der Waals surface area (Å²) in [6.07, 6.45) is 1.74. The van der Waals surface area contributed by atoms with Crippen molar-refractivity contribution in [1.82, 2.24) is 24.5 Å². The molecule has 0 amide bonds. The van der Waals surface area contributed by atoms with Crippen LogP contribution in [0, 0.1) is 4.77 Å². The number of aromatic nitrogens is 5. The first-order valence-corrected chi connectivity index (χ1v) is 4.78. The van der Waals surface area contributed by atoms with Gasteiger partial charge in [-0.25, -0.2) is 0 Å². The number of aryl methyl sites for hydroxylation is 1. The standard InChI is InChI=1S/C8H11N5S/c1-3-13-7(10-11-8(13)14)6-4-5-9-12(6)2/h4-5H,3H2,1-2H3,(H,11,14). The summed E-state index contributed by atoms with van der Waals surface area (Å²) in [5.74, 6) is 0.831. The second-order valence-electron chi connectivity index (χ2n) is 2.94. The SMILES string of the molecule is CCn1c(-c2ccnn2C)n[nH]c1=S. The quantitative estimate of drug-likeness (QED) is 0.760. The highest BCUT2D eigenvalue weighted by molar-refractivity contribution is 7.71. The topological polar surface area (TPSA) is 51.4 Å². The second kappa shape index (κ2) is 3.38. The Bertz CT molecular complexity index is 492. The second-order valence-corrected chi connectivity index (χ2v) is 3.32. The Hall–Kier alpha value is -1.43. The van der Waals surface area contributed by atoms with Gasteiger partial charge in [-0.3, -0.25) is 14.3 Å². The van der Waals surface area contributed by atoms with E-state index in [0.29, 0.717) is 4.77 Å². The van der Waals surface area contributed by atoms with Crippen LogP contribution in [-0.4, -0.2) is 24.5 Å². The lowest BCUT2D eigenvalue weighted by Gasteiger charge is -2.02. The predicted octanol–water partition coefficient (Wildman–Crippen LogP) is 1.36. The summed E-state index contributed by atoms with van der Waals surface area (Å²) in [6.45, 7) is 2.83. The first kappa shape index (κ1) is 9.14. The van der Waals surface area contributed by atoms with Gasteiger partial charge >= 0.3 is 0 Å². The van der Waals surface area contributed by atoms with Gasteiger partial charge in [0.05, 0.1) is 0 Å². The summed E-state index contributed by atoms with van der Waals surface area (Å²) in [6, 6.07) is 1.91. The molecule has 0 atom stereocenters. The van der Waals surface area contributed by atoms with Crippen molar-refractivity contribution in [1.29, 1.82) is 0 Å². The summed E-state index contributed by atoms with van der Waals surface area (Å²) in [5, 5.41) is 11.0. The molecule has 0 radical (unpaired) electrons. The molecular formula is C8H11N5S. The van der Waals surface area contributed by atoms with Gasteiger partial charge in [0.25, 0.3) is 0 Å². The Kier molecular flexibility index (Phi) is 2.20. The smallest absolute Gasteiger partial charge is 0.195 e. The maximum absolute atomic E-state index is 5.10. The number of nitrogens with zero attached hydrogens (tertiary/aromatic N) is 4. The zero-order valence-electron chi connectivity index (χ0n) is 8.06. The molecule has 0 unspecified atom stereocenters. The van der Waals surface area contributed by atoms with Crippen LogP contribution in [0.2, 0.25) is 0 Å². The van der Waals surface area contributed by atoms with Crippen LogP contribution in [0.3, 0.4) is 0 Å². The zero-order chi connectivity index (χ0) is 10.1. The molecular weight excluding hydrogens is 198 g/mol. The highest BCUT2D eigenvalue weighted by atomic mass is 32.1. The summed E-state index contributed by atoms with van der Waals surface area (Å²) in [7, 11) is 1.88. The normalized spacial score (nSPS) is 10.7. The Balaban J connectivity index is 2.63. The van der Waals surface area contributed by atoms with Gasteiger partial charge in [-0.1, -0.05) is 0 Å². The van der Waals surface area contributed by atoms with Crippen LogP contribution < -0.4 is 0 Å². The van der Waals surface area contributed by atoms with E-state index in [2.05, 4.69) is 15.3 Å². The van der Waals surface area contributed by atoms with E-state index in [4.69, 9.17) is 12.2 Å². The number of hydrogen-bond acceptors (Lipinski definition) is 3. The van der Waals surface area contributed by atoms with E-state index in [1.807, 2.05) is 24.6 Å². The molecule has 2 heterocycles. The lowest BCUT2D eigenvalue weighted by Crippen LogP contribution is -2.02. The van der Waals surface area contributed by atoms with Crippen LogP contribution >= 0.6 is 12.2 Å². The highest BCUT2D eigenvalue weighted by Crippen LogP contribution is 2.15. The molecule has 2 rings (SSSR count). The summed E-state index contributed by atoms with van der Waals surface area (Å²) in [4.78, 5) is 0. The lowest BCUT2D eigenvalue weighted by molar-refractivity contribution is 0.727. The molecule has 6 heteroatoms. The van der Waals surface area contributed by atoms with Crippen LogP contribution in [0.15, 0.2) is 12.3 Å². The maximum Gasteiger partial charge on any atom is 0.195 e. The molecule has 0 aliphatic carbocycles. The minimum Gasteiger partial charge on any atom is -0.299 e. The predicted molar refractivity (Wildman–Crippen MR) is 55.3 cm³/mol. The van der Waals surface area contributed by atoms with Crippen LogP contribution in [0.5, 0.6) is 0 Å². The first-order valence-electron chi connectivity index (χ1n) is 4.37. The molecule has 14 heavy (non-hydrogen) atoms. The van der Waals surface area contributed by atoms with Crippen molar-refractivity contribution in [3.63, 3.8) is 0 Å². The molecule has 0 bridgehead atoms. The van der Waals surface area contributed by atoms with Crippen molar-refractivity contribution >= 4 is 12.2 Å². The molecule has 0 spiro atoms. The van der Waals surface area contributed by atoms with E-state index < -0.39 is 0 Å². The van der Waals surface area contributed by atoms with Crippen LogP contribution in [0.25, 0.3) is 11.5 Å². The Morgan fingerprint density at radius 1 is 1.57 bits per heavy atom. The maximum atomic E-state index is 5.10. The molecule has 2 aromatic heterocycles. The third-order valence-corrected chi connectivity index (χ3v) is 2.44. The Labute approximate surface area is 86.4 Å². The van der Waals surface area contributed by atoms with Gasteiger partial charge < -0.3 is 0 Å². The monoisotopic (exact) mass is 209 g/mol. The highest BCUT2D eigenvalue weighted by Gasteiger charge is 2.10. The average molecular weight is 209 g/mol. The lowest BCUT2D eigenvalue weighted by atomic mass is 10.4. The molecule has 0 aliphatic rings. The molecule has 74 valence electrons. The molecule has 5 nitrogen and oxygen atoms in total. The van der Waals surface area contributed by atoms with E-state index in [1.165, 1.54) is 0 Å². The van der Waals surface area contributed by atoms with E-state index in [9.17, 15) is 0 Å². The van der Waals surface area contributed by atoms with E-state index >= 15 is 0 Å². The molecule has 0 fully saturated rings. The zero-order valence-corrected chi connectivity index (χ0v) is 8.88. The fourth-order valence-electron chi connectivity index (χ4n) is 1.40. The van der Waals surface area contributed by atoms with Gasteiger partial charge in [-0.2, -0.15) is 10.2 Å². The van der Waals surface area contributed by atoms with Crippen LogP contribution in [0.4, 0.5) is 0 Å². The van der Waals surface area contributed by atoms with Crippen molar-refractivity contribution < 1.29 is 0 Å². The van der Waals surface area contributed by atoms with Crippen LogP contribution in [0.1, 0.15) is 6.92 Å². The summed E-state index contributed by atoms with van der Waals surface area (Å²) >= 11 is 5.10. The Morgan fingerprint density at radius 2 is 2.36 bits per heavy atom. The van der Waals surface area contributed by atoms with Gasteiger partial charge in [0.2, 0.25) is 0 Å². The van der Waals surface area contributed by atoms with E-state index in [1.54, 1.807) is 10.9 Å². The van der Waals surface area contributed by atoms with Crippen molar-refractivity contribution in [2.24, 2.45) is 7.05 Å². The molecule has 0 saturated carbocycles. The molecule has 2 aromatic rings. The third-order valence-electron chi connectivity index (χ3n) is 2.12. The minimum absolute atomic E-state index is 0.642. The number of rotatable bonds is 2. The van der Waals surface area contributed by atoms with E-state index in [0.717, 1.165) is 18.1 Å². The number of H-pyrrole nitrogens is 1. The van der Waals surface area contributed by atoms with Gasteiger partial charge in [0, 0.05) is 19.8 Å². The number of nitrogens with one attached hydrogen (secondary N) is 1. The minimum atomic E-state index is 0.642. The van der Waals surface area contributed by atoms with Crippen molar-refractivity contribution in [2.75, 3.05) is 0 Å². The van der Waals surface area contributed by atoms with Gasteiger partial charge in [0.15, 0.2) is 10.6 Å². The number of aromatic amines is 1. The van der Waals surface area contributed by atoms with Crippen LogP contribution in [-0.2, 0) is 13.6 Å². The fourth-order valence-corrected chi connectivity index (χ4v) is 1.66. The van der Waals surface area contributed by atoms with E-state index in [-0.39, 0.29) is 0 Å². The van der Waals surface area contributed by atoms with Crippen molar-refractivity contribution in [3.05, 3.63) is 17.0 Å². The molecule has 1 N–H and O–H groups in total. The van der Waals surface area contributed by atoms with Gasteiger partial charge in [-0.05, 0) is 25.2 Å². The average Bonchev–Trinajstić information content (AvgIpc) is 2.71. The van der Waals surface area contributed by atoms with Gasteiger partial charge in [-0.15, -0.1) is 0 Å². The number of hydrogen-bond donors (Lipinski definition) is 1. The summed E-state index contributed by atoms with van der Waals surface area (Å²) in [5.41, 5.74) is 0.958. The Morgan fingerprint density at radius 3 is 2.93 bits per heavy atom. The first-order chi connectivity index (χ1) is 6.74. The van der Waals surface area contributed by atoms with Gasteiger partial charge in [0.1, 0.15) is 5.69 Å². The molecule has 0 aliphatic heterocycles.